The molecule has 1 heterocycles. The molecule has 1 aromatic heterocycles. The highest BCUT2D eigenvalue weighted by Gasteiger charge is 2.22. The molecule has 0 aliphatic rings. The van der Waals surface area contributed by atoms with Crippen LogP contribution in [0.1, 0.15) is 16.1 Å². The van der Waals surface area contributed by atoms with E-state index in [4.69, 9.17) is 41.8 Å². The van der Waals surface area contributed by atoms with Crippen molar-refractivity contribution in [2.24, 2.45) is 0 Å². The zero-order valence-corrected chi connectivity index (χ0v) is 17.9. The van der Waals surface area contributed by atoms with Crippen LogP contribution in [0, 0.1) is 0 Å². The molecule has 4 aromatic rings. The number of hydrogen-bond acceptors (Lipinski definition) is 5. The second kappa shape index (κ2) is 9.77. The van der Waals surface area contributed by atoms with E-state index in [1.807, 2.05) is 48.5 Å². The van der Waals surface area contributed by atoms with Crippen LogP contribution in [0.3, 0.4) is 0 Å². The van der Waals surface area contributed by atoms with Crippen LogP contribution in [0.5, 0.6) is 11.5 Å². The molecule has 0 saturated carbocycles. The molecular formula is C24H18Cl2O5. The van der Waals surface area contributed by atoms with Crippen molar-refractivity contribution < 1.29 is 23.4 Å². The number of benzene rings is 3. The summed E-state index contributed by atoms with van der Waals surface area (Å²) < 4.78 is 22.5. The van der Waals surface area contributed by atoms with E-state index in [-0.39, 0.29) is 25.6 Å². The second-order valence-corrected chi connectivity index (χ2v) is 7.41. The fourth-order valence-corrected chi connectivity index (χ4v) is 3.49. The van der Waals surface area contributed by atoms with Gasteiger partial charge in [0.2, 0.25) is 5.76 Å². The van der Waals surface area contributed by atoms with E-state index in [1.165, 1.54) is 0 Å². The summed E-state index contributed by atoms with van der Waals surface area (Å²) in [5, 5.41) is 1.70. The molecule has 0 amide bonds. The Morgan fingerprint density at radius 3 is 2.45 bits per heavy atom. The predicted molar refractivity (Wildman–Crippen MR) is 119 cm³/mol. The molecule has 0 bridgehead atoms. The molecule has 3 aromatic carbocycles. The molecule has 0 N–H and O–H groups in total. The predicted octanol–water partition coefficient (Wildman–Crippen LogP) is 6.55. The van der Waals surface area contributed by atoms with Gasteiger partial charge in [-0.15, -0.1) is 0 Å². The molecule has 0 atom stereocenters. The highest BCUT2D eigenvalue weighted by molar-refractivity contribution is 6.35. The molecule has 0 unspecified atom stereocenters. The number of rotatable bonds is 8. The van der Waals surface area contributed by atoms with E-state index in [0.717, 1.165) is 5.39 Å². The SMILES string of the molecule is O=C(OCCOc1ccc(Cl)cc1Cl)c1oc2ccccc2c1COc1ccccc1. The Hall–Kier alpha value is -3.15. The molecular weight excluding hydrogens is 439 g/mol. The van der Waals surface area contributed by atoms with Gasteiger partial charge in [-0.3, -0.25) is 0 Å². The quantitative estimate of drug-likeness (QED) is 0.222. The Kier molecular flexibility index (Phi) is 6.65. The lowest BCUT2D eigenvalue weighted by molar-refractivity contribution is 0.0414. The standard InChI is InChI=1S/C24H18Cl2O5/c25-16-10-11-22(20(26)14-16)28-12-13-29-24(27)23-19(15-30-17-6-2-1-3-7-17)18-8-4-5-9-21(18)31-23/h1-11,14H,12-13,15H2. The molecule has 0 spiro atoms. The monoisotopic (exact) mass is 456 g/mol. The van der Waals surface area contributed by atoms with Crippen molar-refractivity contribution in [2.45, 2.75) is 6.61 Å². The van der Waals surface area contributed by atoms with Crippen molar-refractivity contribution >= 4 is 40.1 Å². The maximum absolute atomic E-state index is 12.7. The number of carbonyl (C=O) groups is 1. The van der Waals surface area contributed by atoms with Crippen LogP contribution in [0.4, 0.5) is 0 Å². The molecule has 0 radical (unpaired) electrons. The van der Waals surface area contributed by atoms with Crippen molar-refractivity contribution in [3.8, 4) is 11.5 Å². The first kappa shape index (κ1) is 21.1. The minimum atomic E-state index is -0.589. The third-order valence-corrected chi connectivity index (χ3v) is 5.01. The Morgan fingerprint density at radius 1 is 0.871 bits per heavy atom. The van der Waals surface area contributed by atoms with E-state index < -0.39 is 5.97 Å². The normalized spacial score (nSPS) is 10.8. The van der Waals surface area contributed by atoms with Gasteiger partial charge in [-0.05, 0) is 36.4 Å². The maximum Gasteiger partial charge on any atom is 0.374 e. The molecule has 158 valence electrons. The summed E-state index contributed by atoms with van der Waals surface area (Å²) in [6.45, 7) is 0.319. The number of carbonyl (C=O) groups excluding carboxylic acids is 1. The highest BCUT2D eigenvalue weighted by atomic mass is 35.5. The van der Waals surface area contributed by atoms with Crippen molar-refractivity contribution in [1.29, 1.82) is 0 Å². The summed E-state index contributed by atoms with van der Waals surface area (Å²) in [7, 11) is 0. The van der Waals surface area contributed by atoms with Crippen LogP contribution in [0.25, 0.3) is 11.0 Å². The lowest BCUT2D eigenvalue weighted by atomic mass is 10.1. The molecule has 0 aliphatic carbocycles. The Labute approximate surface area is 189 Å². The number of ether oxygens (including phenoxy) is 3. The fraction of sp³-hybridized carbons (Fsp3) is 0.125. The first-order valence-electron chi connectivity index (χ1n) is 9.55. The average Bonchev–Trinajstić information content (AvgIpc) is 3.16. The zero-order valence-electron chi connectivity index (χ0n) is 16.3. The van der Waals surface area contributed by atoms with Gasteiger partial charge in [0.1, 0.15) is 36.9 Å². The van der Waals surface area contributed by atoms with Gasteiger partial charge in [-0.25, -0.2) is 4.79 Å². The van der Waals surface area contributed by atoms with Crippen molar-refractivity contribution in [1.82, 2.24) is 0 Å². The number of fused-ring (bicyclic) bond motifs is 1. The van der Waals surface area contributed by atoms with Gasteiger partial charge in [-0.2, -0.15) is 0 Å². The minimum Gasteiger partial charge on any atom is -0.489 e. The summed E-state index contributed by atoms with van der Waals surface area (Å²) >= 11 is 11.9. The van der Waals surface area contributed by atoms with E-state index in [9.17, 15) is 4.79 Å². The van der Waals surface area contributed by atoms with Gasteiger partial charge >= 0.3 is 5.97 Å². The van der Waals surface area contributed by atoms with Crippen LogP contribution in [-0.2, 0) is 11.3 Å². The van der Waals surface area contributed by atoms with Crippen molar-refractivity contribution in [3.63, 3.8) is 0 Å². The summed E-state index contributed by atoms with van der Waals surface area (Å²) in [4.78, 5) is 12.7. The van der Waals surface area contributed by atoms with E-state index in [0.29, 0.717) is 32.7 Å². The van der Waals surface area contributed by atoms with Gasteiger partial charge in [0.15, 0.2) is 0 Å². The topological polar surface area (TPSA) is 57.9 Å². The molecule has 0 fully saturated rings. The van der Waals surface area contributed by atoms with Gasteiger partial charge in [0.25, 0.3) is 0 Å². The van der Waals surface area contributed by atoms with Crippen molar-refractivity contribution in [3.05, 3.63) is 94.2 Å². The molecule has 0 aliphatic heterocycles. The molecule has 4 rings (SSSR count). The molecule has 31 heavy (non-hydrogen) atoms. The van der Waals surface area contributed by atoms with Crippen LogP contribution >= 0.6 is 23.2 Å². The summed E-state index contributed by atoms with van der Waals surface area (Å²) in [6, 6.07) is 21.7. The minimum absolute atomic E-state index is 0.0216. The van der Waals surface area contributed by atoms with E-state index in [1.54, 1.807) is 24.3 Å². The summed E-state index contributed by atoms with van der Waals surface area (Å²) in [5.74, 6) is 0.679. The fourth-order valence-electron chi connectivity index (χ4n) is 3.02. The summed E-state index contributed by atoms with van der Waals surface area (Å²) in [6.07, 6.45) is 0. The first-order chi connectivity index (χ1) is 15.1. The van der Waals surface area contributed by atoms with Gasteiger partial charge in [-0.1, -0.05) is 59.6 Å². The molecule has 5 nitrogen and oxygen atoms in total. The number of halogens is 2. The van der Waals surface area contributed by atoms with Crippen LogP contribution in [0.2, 0.25) is 10.0 Å². The number of furan rings is 1. The third kappa shape index (κ3) is 5.13. The average molecular weight is 457 g/mol. The number of hydrogen-bond donors (Lipinski definition) is 0. The third-order valence-electron chi connectivity index (χ3n) is 4.48. The van der Waals surface area contributed by atoms with Crippen LogP contribution in [-0.4, -0.2) is 19.2 Å². The molecule has 0 saturated heterocycles. The Bertz CT molecular complexity index is 1190. The largest absolute Gasteiger partial charge is 0.489 e. The van der Waals surface area contributed by atoms with Gasteiger partial charge in [0.05, 0.1) is 10.6 Å². The van der Waals surface area contributed by atoms with Gasteiger partial charge < -0.3 is 18.6 Å². The Morgan fingerprint density at radius 2 is 1.65 bits per heavy atom. The maximum atomic E-state index is 12.7. The van der Waals surface area contributed by atoms with E-state index >= 15 is 0 Å². The number of esters is 1. The lowest BCUT2D eigenvalue weighted by Gasteiger charge is -2.09. The number of para-hydroxylation sites is 2. The van der Waals surface area contributed by atoms with Gasteiger partial charge in [0, 0.05) is 10.4 Å². The molecule has 7 heteroatoms. The van der Waals surface area contributed by atoms with E-state index in [2.05, 4.69) is 0 Å². The summed E-state index contributed by atoms with van der Waals surface area (Å²) in [5.41, 5.74) is 1.22. The second-order valence-electron chi connectivity index (χ2n) is 6.57. The smallest absolute Gasteiger partial charge is 0.374 e. The highest BCUT2D eigenvalue weighted by Crippen LogP contribution is 2.29. The zero-order chi connectivity index (χ0) is 21.6. The van der Waals surface area contributed by atoms with Crippen LogP contribution in [0.15, 0.2) is 77.2 Å². The lowest BCUT2D eigenvalue weighted by Crippen LogP contribution is -2.13. The van der Waals surface area contributed by atoms with Crippen molar-refractivity contribution in [2.75, 3.05) is 13.2 Å². The first-order valence-corrected chi connectivity index (χ1v) is 10.3. The van der Waals surface area contributed by atoms with Crippen LogP contribution < -0.4 is 9.47 Å². The Balaban J connectivity index is 1.43.